The van der Waals surface area contributed by atoms with Crippen LogP contribution in [0.3, 0.4) is 0 Å². The Morgan fingerprint density at radius 2 is 1.74 bits per heavy atom. The van der Waals surface area contributed by atoms with E-state index in [2.05, 4.69) is 4.98 Å². The molecule has 0 saturated heterocycles. The van der Waals surface area contributed by atoms with E-state index in [1.807, 2.05) is 19.1 Å². The summed E-state index contributed by atoms with van der Waals surface area (Å²) in [6, 6.07) is 12.0. The molecule has 3 aromatic rings. The lowest BCUT2D eigenvalue weighted by molar-refractivity contribution is -0.144. The summed E-state index contributed by atoms with van der Waals surface area (Å²) in [6.07, 6.45) is -0.219. The molecule has 0 N–H and O–H groups in total. The highest BCUT2D eigenvalue weighted by Crippen LogP contribution is 2.33. The predicted molar refractivity (Wildman–Crippen MR) is 118 cm³/mol. The molecule has 0 saturated carbocycles. The van der Waals surface area contributed by atoms with Gasteiger partial charge in [-0.1, -0.05) is 17.7 Å². The van der Waals surface area contributed by atoms with Crippen molar-refractivity contribution in [3.05, 3.63) is 59.1 Å². The summed E-state index contributed by atoms with van der Waals surface area (Å²) >= 11 is 1.41. The third-order valence-electron chi connectivity index (χ3n) is 4.52. The Labute approximate surface area is 185 Å². The average Bonchev–Trinajstić information content (AvgIpc) is 3.25. The summed E-state index contributed by atoms with van der Waals surface area (Å²) in [5, 5.41) is 2.54. The molecule has 0 aliphatic heterocycles. The topological polar surface area (TPSA) is 91.8 Å². The van der Waals surface area contributed by atoms with E-state index in [0.29, 0.717) is 17.2 Å². The van der Waals surface area contributed by atoms with E-state index in [-0.39, 0.29) is 23.7 Å². The molecule has 7 nitrogen and oxygen atoms in total. The monoisotopic (exact) mass is 461 g/mol. The smallest absolute Gasteiger partial charge is 0.307 e. The average molecular weight is 462 g/mol. The number of thiazole rings is 1. The first-order valence-electron chi connectivity index (χ1n) is 9.44. The van der Waals surface area contributed by atoms with Crippen molar-refractivity contribution in [2.45, 2.75) is 24.8 Å². The van der Waals surface area contributed by atoms with Gasteiger partial charge < -0.3 is 14.2 Å². The summed E-state index contributed by atoms with van der Waals surface area (Å²) in [4.78, 5) is 16.7. The van der Waals surface area contributed by atoms with E-state index in [1.165, 1.54) is 11.3 Å². The summed E-state index contributed by atoms with van der Waals surface area (Å²) < 4.78 is 40.4. The van der Waals surface area contributed by atoms with Crippen molar-refractivity contribution in [1.29, 1.82) is 0 Å². The molecule has 0 unspecified atom stereocenters. The number of benzene rings is 2. The molecule has 1 aromatic heterocycles. The van der Waals surface area contributed by atoms with Gasteiger partial charge >= 0.3 is 5.97 Å². The van der Waals surface area contributed by atoms with Gasteiger partial charge in [0.1, 0.15) is 11.6 Å². The standard InChI is InChI=1S/C22H23NO6S2/c1-15-4-7-18(8-5-15)31(25,26)11-10-21(24)29-13-17-14-30-22(23-17)16-6-9-19(27-2)20(12-16)28-3/h4-9,12,14H,10-11,13H2,1-3H3. The van der Waals surface area contributed by atoms with Crippen LogP contribution in [0.15, 0.2) is 52.7 Å². The van der Waals surface area contributed by atoms with E-state index >= 15 is 0 Å². The molecule has 0 aliphatic rings. The highest BCUT2D eigenvalue weighted by Gasteiger charge is 2.17. The number of esters is 1. The van der Waals surface area contributed by atoms with E-state index < -0.39 is 15.8 Å². The molecule has 31 heavy (non-hydrogen) atoms. The second-order valence-corrected chi connectivity index (χ2v) is 9.72. The molecule has 1 heterocycles. The first kappa shape index (κ1) is 22.8. The molecule has 9 heteroatoms. The largest absolute Gasteiger partial charge is 0.493 e. The molecule has 0 radical (unpaired) electrons. The van der Waals surface area contributed by atoms with Crippen molar-refractivity contribution in [1.82, 2.24) is 4.98 Å². The number of carbonyl (C=O) groups excluding carboxylic acids is 1. The van der Waals surface area contributed by atoms with Gasteiger partial charge in [0.25, 0.3) is 0 Å². The minimum Gasteiger partial charge on any atom is -0.493 e. The number of ether oxygens (including phenoxy) is 3. The van der Waals surface area contributed by atoms with Crippen LogP contribution < -0.4 is 9.47 Å². The fraction of sp³-hybridized carbons (Fsp3) is 0.273. The number of aryl methyl sites for hydroxylation is 1. The number of sulfone groups is 1. The van der Waals surface area contributed by atoms with Gasteiger partial charge in [0, 0.05) is 10.9 Å². The van der Waals surface area contributed by atoms with Crippen LogP contribution in [-0.2, 0) is 26.0 Å². The SMILES string of the molecule is COc1ccc(-c2nc(COC(=O)CCS(=O)(=O)c3ccc(C)cc3)cs2)cc1OC. The van der Waals surface area contributed by atoms with E-state index in [0.717, 1.165) is 16.1 Å². The molecular weight excluding hydrogens is 438 g/mol. The zero-order valence-electron chi connectivity index (χ0n) is 17.5. The van der Waals surface area contributed by atoms with Crippen molar-refractivity contribution in [3.8, 4) is 22.1 Å². The first-order chi connectivity index (χ1) is 14.8. The summed E-state index contributed by atoms with van der Waals surface area (Å²) in [5.74, 6) is 0.329. The van der Waals surface area contributed by atoms with Crippen molar-refractivity contribution < 1.29 is 27.4 Å². The van der Waals surface area contributed by atoms with Crippen LogP contribution in [0.5, 0.6) is 11.5 Å². The molecule has 0 amide bonds. The molecule has 0 fully saturated rings. The normalized spacial score (nSPS) is 11.2. The second kappa shape index (κ2) is 9.93. The van der Waals surface area contributed by atoms with Gasteiger partial charge in [0.15, 0.2) is 21.3 Å². The first-order valence-corrected chi connectivity index (χ1v) is 12.0. The number of nitrogens with zero attached hydrogens (tertiary/aromatic N) is 1. The number of rotatable bonds is 9. The maximum absolute atomic E-state index is 12.3. The Hall–Kier alpha value is -2.91. The highest BCUT2D eigenvalue weighted by atomic mass is 32.2. The third kappa shape index (κ3) is 5.83. The Kier molecular flexibility index (Phi) is 7.29. The van der Waals surface area contributed by atoms with Gasteiger partial charge in [-0.25, -0.2) is 13.4 Å². The van der Waals surface area contributed by atoms with Gasteiger partial charge in [0.05, 0.1) is 37.0 Å². The van der Waals surface area contributed by atoms with E-state index in [1.54, 1.807) is 49.9 Å². The van der Waals surface area contributed by atoms with Crippen LogP contribution in [0.4, 0.5) is 0 Å². The quantitative estimate of drug-likeness (QED) is 0.444. The van der Waals surface area contributed by atoms with Crippen LogP contribution in [0.2, 0.25) is 0 Å². The van der Waals surface area contributed by atoms with Crippen LogP contribution in [0.25, 0.3) is 10.6 Å². The molecule has 0 bridgehead atoms. The number of aromatic nitrogens is 1. The lowest BCUT2D eigenvalue weighted by Crippen LogP contribution is -2.13. The molecule has 0 aliphatic carbocycles. The Morgan fingerprint density at radius 3 is 2.42 bits per heavy atom. The van der Waals surface area contributed by atoms with Crippen molar-refractivity contribution in [2.75, 3.05) is 20.0 Å². The van der Waals surface area contributed by atoms with E-state index in [4.69, 9.17) is 14.2 Å². The number of carbonyl (C=O) groups is 1. The van der Waals surface area contributed by atoms with Crippen molar-refractivity contribution in [2.24, 2.45) is 0 Å². The maximum Gasteiger partial charge on any atom is 0.307 e. The Morgan fingerprint density at radius 1 is 1.03 bits per heavy atom. The maximum atomic E-state index is 12.3. The fourth-order valence-corrected chi connectivity index (χ4v) is 4.81. The zero-order valence-corrected chi connectivity index (χ0v) is 19.1. The predicted octanol–water partition coefficient (Wildman–Crippen LogP) is 4.04. The summed E-state index contributed by atoms with van der Waals surface area (Å²) in [6.45, 7) is 1.86. The molecule has 0 atom stereocenters. The minimum atomic E-state index is -3.54. The van der Waals surface area contributed by atoms with Crippen LogP contribution in [0.1, 0.15) is 17.7 Å². The molecule has 2 aromatic carbocycles. The van der Waals surface area contributed by atoms with Gasteiger partial charge in [-0.3, -0.25) is 4.79 Å². The Balaban J connectivity index is 1.55. The molecular formula is C22H23NO6S2. The molecule has 0 spiro atoms. The summed E-state index contributed by atoms with van der Waals surface area (Å²) in [7, 11) is -0.404. The van der Waals surface area contributed by atoms with E-state index in [9.17, 15) is 13.2 Å². The lowest BCUT2D eigenvalue weighted by atomic mass is 10.2. The Bertz CT molecular complexity index is 1150. The lowest BCUT2D eigenvalue weighted by Gasteiger charge is -2.08. The number of methoxy groups -OCH3 is 2. The third-order valence-corrected chi connectivity index (χ3v) is 7.19. The minimum absolute atomic E-state index is 0.0206. The highest BCUT2D eigenvalue weighted by molar-refractivity contribution is 7.91. The van der Waals surface area contributed by atoms with Crippen LogP contribution >= 0.6 is 11.3 Å². The van der Waals surface area contributed by atoms with Gasteiger partial charge in [-0.2, -0.15) is 0 Å². The van der Waals surface area contributed by atoms with Crippen molar-refractivity contribution >= 4 is 27.1 Å². The molecule has 164 valence electrons. The number of hydrogen-bond donors (Lipinski definition) is 0. The van der Waals surface area contributed by atoms with Gasteiger partial charge in [-0.05, 0) is 37.3 Å². The van der Waals surface area contributed by atoms with Gasteiger partial charge in [0.2, 0.25) is 0 Å². The van der Waals surface area contributed by atoms with Crippen molar-refractivity contribution in [3.63, 3.8) is 0 Å². The fourth-order valence-electron chi connectivity index (χ4n) is 2.78. The summed E-state index contributed by atoms with van der Waals surface area (Å²) in [5.41, 5.74) is 2.41. The van der Waals surface area contributed by atoms with Gasteiger partial charge in [-0.15, -0.1) is 11.3 Å². The zero-order chi connectivity index (χ0) is 22.4. The van der Waals surface area contributed by atoms with Crippen LogP contribution in [0, 0.1) is 6.92 Å². The second-order valence-electron chi connectivity index (χ2n) is 6.76. The molecule has 3 rings (SSSR count). The van der Waals surface area contributed by atoms with Crippen LogP contribution in [-0.4, -0.2) is 39.3 Å². The number of hydrogen-bond acceptors (Lipinski definition) is 8.